The number of rotatable bonds is 9. The third kappa shape index (κ3) is 6.24. The summed E-state index contributed by atoms with van der Waals surface area (Å²) in [6.07, 6.45) is 3.53. The van der Waals surface area contributed by atoms with Gasteiger partial charge in [-0.3, -0.25) is 4.79 Å². The summed E-state index contributed by atoms with van der Waals surface area (Å²) in [6, 6.07) is 6.38. The predicted molar refractivity (Wildman–Crippen MR) is 101 cm³/mol. The molecule has 0 aliphatic rings. The third-order valence-electron chi connectivity index (χ3n) is 4.07. The second-order valence-electron chi connectivity index (χ2n) is 6.66. The fourth-order valence-corrected chi connectivity index (χ4v) is 3.43. The molecule has 0 bridgehead atoms. The first-order chi connectivity index (χ1) is 12.0. The molecule has 0 fully saturated rings. The normalized spacial score (nSPS) is 11.1. The molecule has 0 atom stereocenters. The molecular formula is C20H27FN2OS. The molecular weight excluding hydrogens is 335 g/mol. The van der Waals surface area contributed by atoms with Crippen molar-refractivity contribution in [1.29, 1.82) is 0 Å². The number of halogens is 1. The Bertz CT molecular complexity index is 667. The lowest BCUT2D eigenvalue weighted by Gasteiger charge is -2.22. The van der Waals surface area contributed by atoms with E-state index < -0.39 is 0 Å². The minimum absolute atomic E-state index is 0.0843. The molecule has 0 aliphatic carbocycles. The van der Waals surface area contributed by atoms with Crippen LogP contribution in [0.4, 0.5) is 4.39 Å². The highest BCUT2D eigenvalue weighted by Gasteiger charge is 2.16. The maximum absolute atomic E-state index is 13.1. The van der Waals surface area contributed by atoms with Gasteiger partial charge in [0, 0.05) is 24.4 Å². The van der Waals surface area contributed by atoms with Gasteiger partial charge in [-0.15, -0.1) is 11.3 Å². The lowest BCUT2D eigenvalue weighted by atomic mass is 10.1. The van der Waals surface area contributed by atoms with Gasteiger partial charge in [-0.25, -0.2) is 9.37 Å². The van der Waals surface area contributed by atoms with E-state index in [0.717, 1.165) is 42.1 Å². The molecule has 5 heteroatoms. The number of unbranched alkanes of at least 4 members (excludes halogenated alkanes) is 2. The van der Waals surface area contributed by atoms with E-state index in [0.29, 0.717) is 18.9 Å². The van der Waals surface area contributed by atoms with Crippen LogP contribution < -0.4 is 0 Å². The molecule has 1 aromatic heterocycles. The van der Waals surface area contributed by atoms with Gasteiger partial charge in [-0.05, 0) is 24.1 Å². The summed E-state index contributed by atoms with van der Waals surface area (Å²) in [5.41, 5.74) is 1.80. The number of aromatic nitrogens is 1. The molecule has 3 nitrogen and oxygen atoms in total. The first-order valence-electron chi connectivity index (χ1n) is 8.96. The van der Waals surface area contributed by atoms with E-state index in [1.54, 1.807) is 23.5 Å². The Morgan fingerprint density at radius 1 is 1.24 bits per heavy atom. The smallest absolute Gasteiger partial charge is 0.228 e. The topological polar surface area (TPSA) is 33.2 Å². The maximum atomic E-state index is 13.1. The number of carbonyl (C=O) groups excluding carboxylic acids is 1. The summed E-state index contributed by atoms with van der Waals surface area (Å²) in [5, 5.41) is 3.05. The van der Waals surface area contributed by atoms with Crippen molar-refractivity contribution < 1.29 is 9.18 Å². The number of thiazole rings is 1. The van der Waals surface area contributed by atoms with Crippen LogP contribution >= 0.6 is 11.3 Å². The number of hydrogen-bond donors (Lipinski definition) is 0. The Balaban J connectivity index is 2.04. The molecule has 2 aromatic rings. The summed E-state index contributed by atoms with van der Waals surface area (Å²) >= 11 is 1.61. The zero-order valence-corrected chi connectivity index (χ0v) is 16.1. The van der Waals surface area contributed by atoms with Gasteiger partial charge in [0.25, 0.3) is 0 Å². The minimum atomic E-state index is -0.253. The maximum Gasteiger partial charge on any atom is 0.228 e. The molecule has 136 valence electrons. The van der Waals surface area contributed by atoms with E-state index in [1.165, 1.54) is 12.1 Å². The largest absolute Gasteiger partial charge is 0.338 e. The lowest BCUT2D eigenvalue weighted by Crippen LogP contribution is -2.33. The molecule has 0 saturated carbocycles. The molecule has 0 unspecified atom stereocenters. The third-order valence-corrected chi connectivity index (χ3v) is 5.26. The lowest BCUT2D eigenvalue weighted by molar-refractivity contribution is -0.131. The minimum Gasteiger partial charge on any atom is -0.338 e. The summed E-state index contributed by atoms with van der Waals surface area (Å²) in [7, 11) is 0. The van der Waals surface area contributed by atoms with Crippen molar-refractivity contribution >= 4 is 17.2 Å². The van der Waals surface area contributed by atoms with Gasteiger partial charge in [0.2, 0.25) is 5.91 Å². The first kappa shape index (κ1) is 19.6. The fourth-order valence-electron chi connectivity index (χ4n) is 2.59. The van der Waals surface area contributed by atoms with Crippen LogP contribution in [0.2, 0.25) is 0 Å². The average Bonchev–Trinajstić information content (AvgIpc) is 3.04. The summed E-state index contributed by atoms with van der Waals surface area (Å²) < 4.78 is 13.1. The van der Waals surface area contributed by atoms with E-state index >= 15 is 0 Å². The number of carbonyl (C=O) groups is 1. The molecule has 0 saturated heterocycles. The van der Waals surface area contributed by atoms with Crippen LogP contribution in [0.1, 0.15) is 62.2 Å². The Kier molecular flexibility index (Phi) is 7.56. The van der Waals surface area contributed by atoms with Crippen molar-refractivity contribution in [3.63, 3.8) is 0 Å². The van der Waals surface area contributed by atoms with Crippen LogP contribution in [0.3, 0.4) is 0 Å². The zero-order valence-electron chi connectivity index (χ0n) is 15.3. The van der Waals surface area contributed by atoms with Crippen LogP contribution in [-0.2, 0) is 17.8 Å². The van der Waals surface area contributed by atoms with Gasteiger partial charge in [-0.2, -0.15) is 0 Å². The Morgan fingerprint density at radius 3 is 2.56 bits per heavy atom. The van der Waals surface area contributed by atoms with Crippen LogP contribution in [0.25, 0.3) is 0 Å². The number of nitrogens with zero attached hydrogens (tertiary/aromatic N) is 2. The van der Waals surface area contributed by atoms with Crippen molar-refractivity contribution in [2.75, 3.05) is 6.54 Å². The molecule has 1 aromatic carbocycles. The van der Waals surface area contributed by atoms with E-state index in [1.807, 2.05) is 10.3 Å². The SMILES string of the molecule is CCCCCN(Cc1ccc(F)cc1)C(=O)Cc1csc(C(C)C)n1. The first-order valence-corrected chi connectivity index (χ1v) is 9.84. The highest BCUT2D eigenvalue weighted by atomic mass is 32.1. The molecule has 25 heavy (non-hydrogen) atoms. The molecule has 1 heterocycles. The predicted octanol–water partition coefficient (Wildman–Crippen LogP) is 5.17. The van der Waals surface area contributed by atoms with Crippen molar-refractivity contribution in [3.8, 4) is 0 Å². The summed E-state index contributed by atoms with van der Waals surface area (Å²) in [6.45, 7) is 7.61. The van der Waals surface area contributed by atoms with Gasteiger partial charge in [0.15, 0.2) is 0 Å². The molecule has 1 amide bonds. The zero-order chi connectivity index (χ0) is 18.2. The molecule has 0 aliphatic heterocycles. The molecule has 0 N–H and O–H groups in total. The second kappa shape index (κ2) is 9.66. The van der Waals surface area contributed by atoms with Gasteiger partial charge >= 0.3 is 0 Å². The summed E-state index contributed by atoms with van der Waals surface area (Å²) in [4.78, 5) is 19.2. The van der Waals surface area contributed by atoms with Crippen LogP contribution in [0, 0.1) is 5.82 Å². The van der Waals surface area contributed by atoms with E-state index in [4.69, 9.17) is 0 Å². The highest BCUT2D eigenvalue weighted by Crippen LogP contribution is 2.20. The van der Waals surface area contributed by atoms with Crippen LogP contribution in [0.5, 0.6) is 0 Å². The standard InChI is InChI=1S/C20H27FN2OS/c1-4-5-6-11-23(13-16-7-9-17(21)10-8-16)19(24)12-18-14-25-20(22-18)15(2)3/h7-10,14-15H,4-6,11-13H2,1-3H3. The Hall–Kier alpha value is -1.75. The van der Waals surface area contributed by atoms with Gasteiger partial charge in [-0.1, -0.05) is 45.7 Å². The quantitative estimate of drug-likeness (QED) is 0.577. The van der Waals surface area contributed by atoms with Crippen molar-refractivity contribution in [2.45, 2.75) is 58.9 Å². The summed E-state index contributed by atoms with van der Waals surface area (Å²) in [5.74, 6) is 0.214. The molecule has 0 radical (unpaired) electrons. The van der Waals surface area contributed by atoms with Gasteiger partial charge in [0.1, 0.15) is 5.82 Å². The molecule has 0 spiro atoms. The van der Waals surface area contributed by atoms with E-state index in [9.17, 15) is 9.18 Å². The van der Waals surface area contributed by atoms with Gasteiger partial charge < -0.3 is 4.90 Å². The van der Waals surface area contributed by atoms with Crippen LogP contribution in [-0.4, -0.2) is 22.3 Å². The monoisotopic (exact) mass is 362 g/mol. The number of hydrogen-bond acceptors (Lipinski definition) is 3. The Labute approximate surface area is 153 Å². The second-order valence-corrected chi connectivity index (χ2v) is 7.55. The Morgan fingerprint density at radius 2 is 1.96 bits per heavy atom. The molecule has 2 rings (SSSR count). The number of benzene rings is 1. The van der Waals surface area contributed by atoms with Crippen LogP contribution in [0.15, 0.2) is 29.6 Å². The van der Waals surface area contributed by atoms with Crippen molar-refractivity contribution in [3.05, 3.63) is 51.7 Å². The van der Waals surface area contributed by atoms with Gasteiger partial charge in [0.05, 0.1) is 17.1 Å². The van der Waals surface area contributed by atoms with Crippen molar-refractivity contribution in [1.82, 2.24) is 9.88 Å². The van der Waals surface area contributed by atoms with Crippen molar-refractivity contribution in [2.24, 2.45) is 0 Å². The fraction of sp³-hybridized carbons (Fsp3) is 0.500. The van der Waals surface area contributed by atoms with E-state index in [2.05, 4.69) is 25.8 Å². The highest BCUT2D eigenvalue weighted by molar-refractivity contribution is 7.09. The number of amides is 1. The van der Waals surface area contributed by atoms with E-state index in [-0.39, 0.29) is 11.7 Å². The average molecular weight is 363 g/mol.